The standard InChI is InChI=1S/C12H8FNO3/c1-7(15)17-9-4-2-3-8-5-12(13,6-14)11(16)10(8)9/h2-4H,5H2,1H3/t12-/m1/s1. The molecule has 1 aliphatic carbocycles. The predicted octanol–water partition coefficient (Wildman–Crippen LogP) is 1.58. The molecular weight excluding hydrogens is 225 g/mol. The number of nitrogens with zero attached hydrogens (tertiary/aromatic N) is 1. The zero-order chi connectivity index (χ0) is 12.6. The van der Waals surface area contributed by atoms with E-state index < -0.39 is 17.4 Å². The highest BCUT2D eigenvalue weighted by molar-refractivity contribution is 6.11. The number of ketones is 1. The van der Waals surface area contributed by atoms with E-state index >= 15 is 0 Å². The van der Waals surface area contributed by atoms with Crippen molar-refractivity contribution in [1.82, 2.24) is 0 Å². The third kappa shape index (κ3) is 1.68. The van der Waals surface area contributed by atoms with Gasteiger partial charge in [-0.05, 0) is 11.6 Å². The molecule has 0 bridgehead atoms. The van der Waals surface area contributed by atoms with Crippen LogP contribution < -0.4 is 4.74 Å². The smallest absolute Gasteiger partial charge is 0.308 e. The van der Waals surface area contributed by atoms with Crippen molar-refractivity contribution in [3.8, 4) is 11.8 Å². The Labute approximate surface area is 96.6 Å². The van der Waals surface area contributed by atoms with Gasteiger partial charge in [0, 0.05) is 13.3 Å². The van der Waals surface area contributed by atoms with Crippen molar-refractivity contribution in [1.29, 1.82) is 5.26 Å². The molecule has 0 spiro atoms. The first-order valence-electron chi connectivity index (χ1n) is 4.93. The molecule has 0 amide bonds. The van der Waals surface area contributed by atoms with E-state index in [0.717, 1.165) is 0 Å². The van der Waals surface area contributed by atoms with E-state index in [2.05, 4.69) is 0 Å². The maximum Gasteiger partial charge on any atom is 0.308 e. The molecule has 1 atom stereocenters. The summed E-state index contributed by atoms with van der Waals surface area (Å²) in [7, 11) is 0. The average molecular weight is 233 g/mol. The molecule has 0 saturated heterocycles. The molecule has 17 heavy (non-hydrogen) atoms. The quantitative estimate of drug-likeness (QED) is 0.545. The number of fused-ring (bicyclic) bond motifs is 1. The van der Waals surface area contributed by atoms with Crippen LogP contribution in [0.5, 0.6) is 5.75 Å². The molecule has 0 heterocycles. The number of halogens is 1. The van der Waals surface area contributed by atoms with Crippen LogP contribution in [-0.2, 0) is 11.2 Å². The summed E-state index contributed by atoms with van der Waals surface area (Å²) in [6.45, 7) is 1.19. The van der Waals surface area contributed by atoms with Crippen LogP contribution in [0.1, 0.15) is 22.8 Å². The lowest BCUT2D eigenvalue weighted by Gasteiger charge is -2.07. The Bertz CT molecular complexity index is 561. The average Bonchev–Trinajstić information content (AvgIpc) is 2.52. The topological polar surface area (TPSA) is 67.2 Å². The number of hydrogen-bond acceptors (Lipinski definition) is 4. The summed E-state index contributed by atoms with van der Waals surface area (Å²) >= 11 is 0. The van der Waals surface area contributed by atoms with E-state index in [9.17, 15) is 14.0 Å². The molecule has 86 valence electrons. The Morgan fingerprint density at radius 2 is 2.29 bits per heavy atom. The zero-order valence-corrected chi connectivity index (χ0v) is 8.99. The van der Waals surface area contributed by atoms with Crippen LogP contribution in [0.4, 0.5) is 4.39 Å². The second kappa shape index (κ2) is 3.67. The Morgan fingerprint density at radius 3 is 2.88 bits per heavy atom. The molecule has 0 saturated carbocycles. The molecule has 1 aromatic carbocycles. The highest BCUT2D eigenvalue weighted by Crippen LogP contribution is 2.37. The minimum atomic E-state index is -2.54. The number of benzene rings is 1. The van der Waals surface area contributed by atoms with Crippen molar-refractivity contribution >= 4 is 11.8 Å². The number of nitriles is 1. The summed E-state index contributed by atoms with van der Waals surface area (Å²) in [5.74, 6) is -1.53. The van der Waals surface area contributed by atoms with Gasteiger partial charge in [0.2, 0.25) is 5.78 Å². The number of carbonyl (C=O) groups is 2. The summed E-state index contributed by atoms with van der Waals surface area (Å²) in [6, 6.07) is 5.85. The third-order valence-electron chi connectivity index (χ3n) is 2.56. The number of rotatable bonds is 1. The number of Topliss-reactive ketones (excluding diaryl/α,β-unsaturated/α-hetero) is 1. The number of hydrogen-bond donors (Lipinski definition) is 0. The molecule has 2 rings (SSSR count). The molecule has 0 aliphatic heterocycles. The molecule has 1 aromatic rings. The van der Waals surface area contributed by atoms with Gasteiger partial charge in [0.05, 0.1) is 5.56 Å². The minimum absolute atomic E-state index is 0.00764. The van der Waals surface area contributed by atoms with Crippen LogP contribution >= 0.6 is 0 Å². The van der Waals surface area contributed by atoms with Crippen molar-refractivity contribution in [2.45, 2.75) is 19.0 Å². The summed E-state index contributed by atoms with van der Waals surface area (Å²) in [5.41, 5.74) is -2.16. The largest absolute Gasteiger partial charge is 0.426 e. The molecule has 0 unspecified atom stereocenters. The Kier molecular flexibility index (Phi) is 2.43. The van der Waals surface area contributed by atoms with Crippen molar-refractivity contribution in [2.75, 3.05) is 0 Å². The Balaban J connectivity index is 2.54. The van der Waals surface area contributed by atoms with Gasteiger partial charge in [0.1, 0.15) is 11.8 Å². The van der Waals surface area contributed by atoms with E-state index in [1.807, 2.05) is 0 Å². The number of alkyl halides is 1. The van der Waals surface area contributed by atoms with Gasteiger partial charge >= 0.3 is 5.97 Å². The third-order valence-corrected chi connectivity index (χ3v) is 2.56. The molecule has 1 aliphatic rings. The fourth-order valence-corrected chi connectivity index (χ4v) is 1.85. The van der Waals surface area contributed by atoms with Crippen LogP contribution in [0.2, 0.25) is 0 Å². The van der Waals surface area contributed by atoms with Crippen LogP contribution in [0.25, 0.3) is 0 Å². The van der Waals surface area contributed by atoms with Crippen LogP contribution in [0, 0.1) is 11.3 Å². The van der Waals surface area contributed by atoms with Crippen LogP contribution in [0.15, 0.2) is 18.2 Å². The fraction of sp³-hybridized carbons (Fsp3) is 0.250. The lowest BCUT2D eigenvalue weighted by atomic mass is 10.0. The van der Waals surface area contributed by atoms with Gasteiger partial charge in [-0.15, -0.1) is 0 Å². The molecule has 0 radical (unpaired) electrons. The maximum atomic E-state index is 13.9. The van der Waals surface area contributed by atoms with Crippen LogP contribution in [-0.4, -0.2) is 17.4 Å². The normalized spacial score (nSPS) is 21.8. The van der Waals surface area contributed by atoms with E-state index in [4.69, 9.17) is 10.00 Å². The first-order chi connectivity index (χ1) is 7.98. The van der Waals surface area contributed by atoms with Crippen molar-refractivity contribution in [3.05, 3.63) is 29.3 Å². The minimum Gasteiger partial charge on any atom is -0.426 e. The van der Waals surface area contributed by atoms with Crippen molar-refractivity contribution in [2.24, 2.45) is 0 Å². The molecule has 4 nitrogen and oxygen atoms in total. The monoisotopic (exact) mass is 233 g/mol. The SMILES string of the molecule is CC(=O)Oc1cccc2c1C(=O)[C@](F)(C#N)C2. The lowest BCUT2D eigenvalue weighted by molar-refractivity contribution is -0.131. The Morgan fingerprint density at radius 1 is 1.59 bits per heavy atom. The highest BCUT2D eigenvalue weighted by atomic mass is 19.1. The van der Waals surface area contributed by atoms with Crippen LogP contribution in [0.3, 0.4) is 0 Å². The van der Waals surface area contributed by atoms with Gasteiger partial charge in [-0.25, -0.2) is 4.39 Å². The van der Waals surface area contributed by atoms with E-state index in [1.54, 1.807) is 12.1 Å². The van der Waals surface area contributed by atoms with Gasteiger partial charge in [0.15, 0.2) is 0 Å². The first kappa shape index (κ1) is 11.3. The van der Waals surface area contributed by atoms with Gasteiger partial charge in [-0.3, -0.25) is 9.59 Å². The number of carbonyl (C=O) groups excluding carboxylic acids is 2. The molecule has 0 aromatic heterocycles. The summed E-state index contributed by atoms with van der Waals surface area (Å²) in [6.07, 6.45) is -0.299. The van der Waals surface area contributed by atoms with E-state index in [1.165, 1.54) is 19.1 Å². The fourth-order valence-electron chi connectivity index (χ4n) is 1.85. The van der Waals surface area contributed by atoms with Gasteiger partial charge in [0.25, 0.3) is 5.67 Å². The van der Waals surface area contributed by atoms with Gasteiger partial charge in [-0.1, -0.05) is 12.1 Å². The van der Waals surface area contributed by atoms with Crippen molar-refractivity contribution in [3.63, 3.8) is 0 Å². The van der Waals surface area contributed by atoms with E-state index in [-0.39, 0.29) is 17.7 Å². The summed E-state index contributed by atoms with van der Waals surface area (Å²) < 4.78 is 18.7. The summed E-state index contributed by atoms with van der Waals surface area (Å²) in [5, 5.41) is 8.69. The van der Waals surface area contributed by atoms with Gasteiger partial charge < -0.3 is 4.74 Å². The van der Waals surface area contributed by atoms with Crippen molar-refractivity contribution < 1.29 is 18.7 Å². The summed E-state index contributed by atoms with van der Waals surface area (Å²) in [4.78, 5) is 22.6. The first-order valence-corrected chi connectivity index (χ1v) is 4.93. The molecule has 0 N–H and O–H groups in total. The second-order valence-corrected chi connectivity index (χ2v) is 3.80. The maximum absolute atomic E-state index is 13.9. The highest BCUT2D eigenvalue weighted by Gasteiger charge is 2.48. The van der Waals surface area contributed by atoms with Gasteiger partial charge in [-0.2, -0.15) is 5.26 Å². The van der Waals surface area contributed by atoms with E-state index in [0.29, 0.717) is 5.56 Å². The molecule has 5 heteroatoms. The number of ether oxygens (including phenoxy) is 1. The lowest BCUT2D eigenvalue weighted by Crippen LogP contribution is -2.28. The predicted molar refractivity (Wildman–Crippen MR) is 55.2 cm³/mol. The molecular formula is C12H8FNO3. The number of esters is 1. The zero-order valence-electron chi connectivity index (χ0n) is 8.99. The Hall–Kier alpha value is -2.22. The second-order valence-electron chi connectivity index (χ2n) is 3.80. The molecule has 0 fully saturated rings.